The smallest absolute Gasteiger partial charge is 0.822 e. The molecule has 0 saturated carbocycles. The van der Waals surface area contributed by atoms with E-state index >= 15 is 0 Å². The third kappa shape index (κ3) is 373. The van der Waals surface area contributed by atoms with Gasteiger partial charge in [-0.25, -0.2) is 0 Å². The predicted molar refractivity (Wildman–Crippen MR) is 69.9 cm³/mol. The number of rotatable bonds is 6. The summed E-state index contributed by atoms with van der Waals surface area (Å²) in [4.78, 5) is 103. The van der Waals surface area contributed by atoms with Crippen LogP contribution in [0.15, 0.2) is 0 Å². The first kappa shape index (κ1) is 51.1. The molecule has 184 valence electrons. The zero-order valence-corrected chi connectivity index (χ0v) is 29.6. The van der Waals surface area contributed by atoms with Crippen LogP contribution in [0.25, 0.3) is 0 Å². The van der Waals surface area contributed by atoms with Crippen LogP contribution < -0.4 is 58.7 Å². The van der Waals surface area contributed by atoms with Crippen molar-refractivity contribution in [3.8, 4) is 0 Å². The molecular formula is C8H18O16P4Pu3. The summed E-state index contributed by atoms with van der Waals surface area (Å²) in [5, 5.41) is 0. The Hall–Kier alpha value is 3.40. The molecule has 0 aliphatic heterocycles. The van der Waals surface area contributed by atoms with Gasteiger partial charge in [-0.1, -0.05) is 0 Å². The molecule has 0 bridgehead atoms. The van der Waals surface area contributed by atoms with Crippen LogP contribution in [0, 0.1) is 84.3 Å². The van der Waals surface area contributed by atoms with Crippen molar-refractivity contribution in [3.05, 3.63) is 0 Å². The standard InChI is InChI=1S/2C4H9.4H3O4P.3Pu/c2*1-3-4-2;4*1-5(2,3)4;;;/h2*1,3-4H2,2H3;4*(H3,1,2,3,4);;;/q;;;;;;3*+4/p-12. The maximum atomic E-state index is 8.55. The molecule has 0 spiro atoms. The maximum Gasteiger partial charge on any atom is 4.00 e. The largest absolute Gasteiger partial charge is 4.00 e. The molecular weight excluding hydrogens is 1210 g/mol. The van der Waals surface area contributed by atoms with E-state index in [-0.39, 0.29) is 84.3 Å². The molecule has 0 aromatic carbocycles. The topological polar surface area (TPSA) is 345 Å². The Balaban J connectivity index is -0.0000000470. The third-order valence-electron chi connectivity index (χ3n) is 1.28. The Kier molecular flexibility index (Phi) is 48.9. The summed E-state index contributed by atoms with van der Waals surface area (Å²) in [6.07, 6.45) is 5.87. The zero-order valence-electron chi connectivity index (χ0n) is 15.8. The Morgan fingerprint density at radius 2 is 0.613 bits per heavy atom. The summed E-state index contributed by atoms with van der Waals surface area (Å²) in [6, 6.07) is 0. The number of hydrogen-bond donors (Lipinski definition) is 0. The Bertz CT molecular complexity index is 408. The van der Waals surface area contributed by atoms with E-state index in [4.69, 9.17) is 77.0 Å². The molecule has 0 amide bonds. The molecule has 31 heavy (non-hydrogen) atoms. The number of hydrogen-bond acceptors (Lipinski definition) is 16. The Labute approximate surface area is 237 Å². The van der Waals surface area contributed by atoms with E-state index in [1.165, 1.54) is 25.7 Å². The van der Waals surface area contributed by atoms with Crippen molar-refractivity contribution in [2.24, 2.45) is 0 Å². The van der Waals surface area contributed by atoms with E-state index in [9.17, 15) is 0 Å². The molecule has 0 aliphatic carbocycles. The SMILES string of the molecule is CCC[CH2][Pu+4][CH2]CCC.O=P([O-])([O-])[O-].O=P([O-])([O-])[O-].O=P([O-])([O-])[O-].O=P([O-])([O-])[O-].[Pu+4].[Pu+4]. The van der Waals surface area contributed by atoms with Gasteiger partial charge < -0.3 is 77.0 Å². The second-order valence-corrected chi connectivity index (χ2v) is 12.8. The van der Waals surface area contributed by atoms with E-state index < -0.39 is 31.3 Å². The summed E-state index contributed by atoms with van der Waals surface area (Å²) in [7, 11) is -21.6. The molecule has 16 nitrogen and oxygen atoms in total. The van der Waals surface area contributed by atoms with Crippen molar-refractivity contribution in [2.45, 2.75) is 47.0 Å². The third-order valence-corrected chi connectivity index (χ3v) is 6.09. The fourth-order valence-corrected chi connectivity index (χ4v) is 5.55. The van der Waals surface area contributed by atoms with Crippen molar-refractivity contribution < 1.29 is 161 Å². The monoisotopic (exact) mass is 1210 g/mol. The summed E-state index contributed by atoms with van der Waals surface area (Å²) in [6.45, 7) is 4.59. The van der Waals surface area contributed by atoms with Crippen LogP contribution in [0.4, 0.5) is 0 Å². The molecule has 0 radical (unpaired) electrons. The molecule has 0 fully saturated rings. The summed E-state index contributed by atoms with van der Waals surface area (Å²) < 4.78 is 37.5. The minimum atomic E-state index is -5.39. The average Bonchev–Trinajstić information content (AvgIpc) is 2.30. The van der Waals surface area contributed by atoms with Crippen LogP contribution in [0.2, 0.25) is 7.45 Å². The van der Waals surface area contributed by atoms with Crippen LogP contribution in [0.1, 0.15) is 39.5 Å². The van der Waals surface area contributed by atoms with Gasteiger partial charge in [-0.15, -0.1) is 0 Å². The fraction of sp³-hybridized carbons (Fsp3) is 1.00. The van der Waals surface area contributed by atoms with Gasteiger partial charge in [0.1, 0.15) is 0 Å². The van der Waals surface area contributed by atoms with Crippen LogP contribution in [-0.4, -0.2) is 0 Å². The molecule has 0 N–H and O–H groups in total. The van der Waals surface area contributed by atoms with Gasteiger partial charge in [0.05, 0.1) is 0 Å². The van der Waals surface area contributed by atoms with E-state index in [1.54, 1.807) is 7.45 Å². The normalized spacial score (nSPS) is 10.3. The van der Waals surface area contributed by atoms with E-state index in [2.05, 4.69) is 13.8 Å². The van der Waals surface area contributed by atoms with Gasteiger partial charge in [-0.3, -0.25) is 0 Å². The van der Waals surface area contributed by atoms with Crippen molar-refractivity contribution >= 4 is 31.3 Å². The molecule has 0 unspecified atom stereocenters. The van der Waals surface area contributed by atoms with Crippen molar-refractivity contribution in [1.82, 2.24) is 0 Å². The molecule has 0 aromatic heterocycles. The molecule has 0 aromatic rings. The van der Waals surface area contributed by atoms with Gasteiger partial charge in [-0.05, 0) is 0 Å². The van der Waals surface area contributed by atoms with Gasteiger partial charge in [0.15, 0.2) is 0 Å². The molecule has 0 saturated heterocycles. The maximum absolute atomic E-state index is 8.55. The number of phosphoric acid groups is 4. The first-order chi connectivity index (χ1) is 12.4. The van der Waals surface area contributed by atoms with Gasteiger partial charge in [0, 0.05) is 0 Å². The Morgan fingerprint density at radius 3 is 0.710 bits per heavy atom. The quantitative estimate of drug-likeness (QED) is 0.176. The van der Waals surface area contributed by atoms with Gasteiger partial charge in [-0.2, -0.15) is 31.3 Å². The number of unbranched alkanes of at least 4 members (excludes halogenated alkanes) is 2. The van der Waals surface area contributed by atoms with E-state index in [0.29, 0.717) is 0 Å². The van der Waals surface area contributed by atoms with Gasteiger partial charge in [0.2, 0.25) is 0 Å². The van der Waals surface area contributed by atoms with Crippen LogP contribution in [0.3, 0.4) is 0 Å². The second kappa shape index (κ2) is 29.6. The fourth-order valence-electron chi connectivity index (χ4n) is 0.595. The van der Waals surface area contributed by atoms with E-state index in [1.807, 2.05) is 0 Å². The molecule has 0 heterocycles. The zero-order chi connectivity index (χ0) is 24.9. The van der Waals surface area contributed by atoms with E-state index in [0.717, 1.165) is 0 Å². The summed E-state index contributed by atoms with van der Waals surface area (Å²) >= 11 is 0.00475. The average molecular weight is 1230 g/mol. The second-order valence-electron chi connectivity index (χ2n) is 4.11. The van der Waals surface area contributed by atoms with Crippen molar-refractivity contribution in [3.63, 3.8) is 0 Å². The molecule has 0 rings (SSSR count). The summed E-state index contributed by atoms with van der Waals surface area (Å²) in [5.41, 5.74) is 0. The minimum absolute atomic E-state index is 0. The van der Waals surface area contributed by atoms with Gasteiger partial charge in [0.25, 0.3) is 0 Å². The molecule has 0 aliphatic rings. The van der Waals surface area contributed by atoms with Crippen LogP contribution >= 0.6 is 31.3 Å². The molecule has 23 heteroatoms. The van der Waals surface area contributed by atoms with Gasteiger partial charge >= 0.3 is 131 Å². The first-order valence-electron chi connectivity index (χ1n) is 6.91. The summed E-state index contributed by atoms with van der Waals surface area (Å²) in [5.74, 6) is 0. The minimum Gasteiger partial charge on any atom is -0.822 e. The predicted octanol–water partition coefficient (Wildman–Crippen LogP) is -7.79. The molecule has 0 atom stereocenters. The van der Waals surface area contributed by atoms with Crippen LogP contribution in [0.5, 0.6) is 0 Å². The van der Waals surface area contributed by atoms with Crippen molar-refractivity contribution in [1.29, 1.82) is 0 Å². The van der Waals surface area contributed by atoms with Crippen LogP contribution in [-0.2, 0) is 18.3 Å². The first-order valence-corrected chi connectivity index (χ1v) is 17.6. The van der Waals surface area contributed by atoms with Crippen molar-refractivity contribution in [2.75, 3.05) is 0 Å². The Morgan fingerprint density at radius 1 is 0.484 bits per heavy atom.